The van der Waals surface area contributed by atoms with Crippen LogP contribution in [0.3, 0.4) is 0 Å². The fraction of sp³-hybridized carbons (Fsp3) is 0.643. The number of H-pyrrole nitrogens is 1. The number of sulfonamides is 1. The normalized spacial score (nSPS) is 23.6. The molecule has 2 aliphatic rings. The van der Waals surface area contributed by atoms with Gasteiger partial charge < -0.3 is 15.6 Å². The van der Waals surface area contributed by atoms with E-state index < -0.39 is 10.0 Å². The maximum absolute atomic E-state index is 12.6. The number of carbonyl (C=O) groups is 1. The largest absolute Gasteiger partial charge is 0.356 e. The molecule has 1 amide bonds. The summed E-state index contributed by atoms with van der Waals surface area (Å²) in [6, 6.07) is 1.53. The molecule has 1 aromatic rings. The van der Waals surface area contributed by atoms with Crippen LogP contribution in [0, 0.1) is 0 Å². The lowest BCUT2D eigenvalue weighted by molar-refractivity contribution is 0.0926. The molecule has 0 aromatic carbocycles. The minimum absolute atomic E-state index is 0.0960. The van der Waals surface area contributed by atoms with Crippen molar-refractivity contribution in [3.8, 4) is 0 Å². The van der Waals surface area contributed by atoms with E-state index in [4.69, 9.17) is 0 Å². The summed E-state index contributed by atoms with van der Waals surface area (Å²) in [4.78, 5) is 15.2. The topological polar surface area (TPSA) is 94.3 Å². The molecule has 7 nitrogen and oxygen atoms in total. The lowest BCUT2D eigenvalue weighted by Crippen LogP contribution is -2.45. The van der Waals surface area contributed by atoms with E-state index in [1.54, 1.807) is 11.8 Å². The number of thioether (sulfide) groups is 1. The fourth-order valence-corrected chi connectivity index (χ4v) is 5.40. The van der Waals surface area contributed by atoms with Crippen LogP contribution in [0.2, 0.25) is 0 Å². The molecular formula is C14H22N4O3S2. The van der Waals surface area contributed by atoms with Crippen LogP contribution in [0.25, 0.3) is 0 Å². The zero-order valence-corrected chi connectivity index (χ0v) is 14.5. The van der Waals surface area contributed by atoms with Crippen molar-refractivity contribution in [2.45, 2.75) is 23.8 Å². The summed E-state index contributed by atoms with van der Waals surface area (Å²) in [5.41, 5.74) is 0.292. The molecule has 0 aliphatic carbocycles. The van der Waals surface area contributed by atoms with Crippen LogP contribution in [-0.2, 0) is 10.0 Å². The van der Waals surface area contributed by atoms with Crippen molar-refractivity contribution in [2.24, 2.45) is 0 Å². The van der Waals surface area contributed by atoms with Crippen LogP contribution in [0.15, 0.2) is 17.2 Å². The molecule has 0 unspecified atom stereocenters. The van der Waals surface area contributed by atoms with Crippen LogP contribution in [0.5, 0.6) is 0 Å². The van der Waals surface area contributed by atoms with Gasteiger partial charge in [-0.25, -0.2) is 8.42 Å². The Labute approximate surface area is 140 Å². The Morgan fingerprint density at radius 1 is 1.35 bits per heavy atom. The Morgan fingerprint density at radius 2 is 2.13 bits per heavy atom. The Bertz CT molecular complexity index is 647. The zero-order chi connectivity index (χ0) is 16.3. The Balaban J connectivity index is 1.68. The van der Waals surface area contributed by atoms with Gasteiger partial charge in [0.2, 0.25) is 10.0 Å². The average molecular weight is 358 g/mol. The van der Waals surface area contributed by atoms with Crippen molar-refractivity contribution in [1.82, 2.24) is 19.9 Å². The standard InChI is InChI=1S/C14H22N4O3S2/c19-14(17-11-2-1-3-15-9-11)13-8-12(10-16-13)23(20,21)18-4-6-22-7-5-18/h8,10-11,15-16H,1-7,9H2,(H,17,19)/t11-/m0/s1. The van der Waals surface area contributed by atoms with Gasteiger partial charge in [-0.15, -0.1) is 0 Å². The summed E-state index contributed by atoms with van der Waals surface area (Å²) in [5, 5.41) is 6.17. The first-order valence-corrected chi connectivity index (χ1v) is 10.4. The molecule has 9 heteroatoms. The van der Waals surface area contributed by atoms with Gasteiger partial charge in [0.05, 0.1) is 0 Å². The molecular weight excluding hydrogens is 336 g/mol. The van der Waals surface area contributed by atoms with Crippen LogP contribution in [0.4, 0.5) is 0 Å². The quantitative estimate of drug-likeness (QED) is 0.716. The van der Waals surface area contributed by atoms with Gasteiger partial charge in [0, 0.05) is 43.4 Å². The van der Waals surface area contributed by atoms with Crippen LogP contribution in [0.1, 0.15) is 23.3 Å². The fourth-order valence-electron chi connectivity index (χ4n) is 2.83. The predicted molar refractivity (Wildman–Crippen MR) is 90.2 cm³/mol. The van der Waals surface area contributed by atoms with E-state index in [0.29, 0.717) is 18.8 Å². The number of aromatic amines is 1. The highest BCUT2D eigenvalue weighted by atomic mass is 32.2. The third kappa shape index (κ3) is 3.90. The second kappa shape index (κ2) is 7.25. The molecule has 3 rings (SSSR count). The second-order valence-electron chi connectivity index (χ2n) is 5.78. The Morgan fingerprint density at radius 3 is 2.83 bits per heavy atom. The summed E-state index contributed by atoms with van der Waals surface area (Å²) in [6.07, 6.45) is 3.38. The first kappa shape index (κ1) is 16.8. The van der Waals surface area contributed by atoms with Crippen molar-refractivity contribution < 1.29 is 13.2 Å². The van der Waals surface area contributed by atoms with Gasteiger partial charge in [-0.2, -0.15) is 16.1 Å². The molecule has 0 spiro atoms. The highest BCUT2D eigenvalue weighted by molar-refractivity contribution is 7.99. The average Bonchev–Trinajstić information content (AvgIpc) is 3.07. The molecule has 3 heterocycles. The summed E-state index contributed by atoms with van der Waals surface area (Å²) in [6.45, 7) is 2.77. The third-order valence-electron chi connectivity index (χ3n) is 4.14. The molecule has 1 aromatic heterocycles. The summed E-state index contributed by atoms with van der Waals surface area (Å²) in [5.74, 6) is 1.37. The second-order valence-corrected chi connectivity index (χ2v) is 8.94. The number of carbonyl (C=O) groups excluding carboxylic acids is 1. The number of rotatable bonds is 4. The highest BCUT2D eigenvalue weighted by Gasteiger charge is 2.28. The number of piperidine rings is 1. The van der Waals surface area contributed by atoms with E-state index in [1.165, 1.54) is 16.6 Å². The van der Waals surface area contributed by atoms with Gasteiger partial charge >= 0.3 is 0 Å². The number of hydrogen-bond donors (Lipinski definition) is 3. The molecule has 1 atom stereocenters. The lowest BCUT2D eigenvalue weighted by atomic mass is 10.1. The molecule has 2 fully saturated rings. The van der Waals surface area contributed by atoms with Crippen molar-refractivity contribution in [3.05, 3.63) is 18.0 Å². The van der Waals surface area contributed by atoms with Crippen LogP contribution >= 0.6 is 11.8 Å². The van der Waals surface area contributed by atoms with Gasteiger partial charge in [-0.05, 0) is 25.5 Å². The van der Waals surface area contributed by atoms with Crippen molar-refractivity contribution in [3.63, 3.8) is 0 Å². The summed E-state index contributed by atoms with van der Waals surface area (Å²) >= 11 is 1.76. The Hall–Kier alpha value is -1.03. The predicted octanol–water partition coefficient (Wildman–Crippen LogP) is 0.234. The number of aromatic nitrogens is 1. The van der Waals surface area contributed by atoms with Crippen LogP contribution < -0.4 is 10.6 Å². The van der Waals surface area contributed by atoms with Gasteiger partial charge in [-0.1, -0.05) is 0 Å². The first-order valence-electron chi connectivity index (χ1n) is 7.85. The minimum atomic E-state index is -3.51. The van der Waals surface area contributed by atoms with E-state index in [9.17, 15) is 13.2 Å². The summed E-state index contributed by atoms with van der Waals surface area (Å²) in [7, 11) is -3.51. The molecule has 0 radical (unpaired) electrons. The molecule has 128 valence electrons. The van der Waals surface area contributed by atoms with E-state index in [1.807, 2.05) is 0 Å². The van der Waals surface area contributed by atoms with Crippen LogP contribution in [-0.4, -0.2) is 67.3 Å². The minimum Gasteiger partial charge on any atom is -0.356 e. The van der Waals surface area contributed by atoms with Gasteiger partial charge in [0.15, 0.2) is 0 Å². The van der Waals surface area contributed by atoms with Crippen molar-refractivity contribution in [1.29, 1.82) is 0 Å². The van der Waals surface area contributed by atoms with Crippen molar-refractivity contribution in [2.75, 3.05) is 37.7 Å². The van der Waals surface area contributed by atoms with Crippen molar-refractivity contribution >= 4 is 27.7 Å². The summed E-state index contributed by atoms with van der Waals surface area (Å²) < 4.78 is 26.6. The number of nitrogens with one attached hydrogen (secondary N) is 3. The number of amides is 1. The van der Waals surface area contributed by atoms with Gasteiger partial charge in [0.25, 0.3) is 5.91 Å². The van der Waals surface area contributed by atoms with Gasteiger partial charge in [0.1, 0.15) is 10.6 Å². The molecule has 0 bridgehead atoms. The maximum atomic E-state index is 12.6. The number of nitrogens with zero attached hydrogens (tertiary/aromatic N) is 1. The van der Waals surface area contributed by atoms with E-state index in [-0.39, 0.29) is 16.8 Å². The SMILES string of the molecule is O=C(N[C@H]1CCCNC1)c1cc(S(=O)(=O)N2CCSCC2)c[nH]1. The molecule has 2 aliphatic heterocycles. The van der Waals surface area contributed by atoms with Gasteiger partial charge in [-0.3, -0.25) is 4.79 Å². The molecule has 23 heavy (non-hydrogen) atoms. The molecule has 0 saturated carbocycles. The van der Waals surface area contributed by atoms with E-state index in [2.05, 4.69) is 15.6 Å². The smallest absolute Gasteiger partial charge is 0.267 e. The van der Waals surface area contributed by atoms with E-state index >= 15 is 0 Å². The monoisotopic (exact) mass is 358 g/mol. The first-order chi connectivity index (χ1) is 11.1. The third-order valence-corrected chi connectivity index (χ3v) is 6.96. The Kier molecular flexibility index (Phi) is 5.30. The lowest BCUT2D eigenvalue weighted by Gasteiger charge is -2.25. The number of hydrogen-bond acceptors (Lipinski definition) is 5. The van der Waals surface area contributed by atoms with E-state index in [0.717, 1.165) is 37.4 Å². The highest BCUT2D eigenvalue weighted by Crippen LogP contribution is 2.20. The zero-order valence-electron chi connectivity index (χ0n) is 12.9. The molecule has 3 N–H and O–H groups in total. The molecule has 2 saturated heterocycles. The maximum Gasteiger partial charge on any atom is 0.267 e.